The molecule has 21 heavy (non-hydrogen) atoms. The van der Waals surface area contributed by atoms with Gasteiger partial charge in [-0.1, -0.05) is 31.4 Å². The second-order valence-electron chi connectivity index (χ2n) is 5.30. The topological polar surface area (TPSA) is 69.7 Å². The predicted octanol–water partition coefficient (Wildman–Crippen LogP) is 2.76. The number of carbonyl (C=O) groups is 1. The molecule has 1 aromatic rings. The van der Waals surface area contributed by atoms with Crippen LogP contribution in [0.25, 0.3) is 0 Å². The highest BCUT2D eigenvalue weighted by molar-refractivity contribution is 7.87. The summed E-state index contributed by atoms with van der Waals surface area (Å²) in [6, 6.07) is 6.20. The van der Waals surface area contributed by atoms with Gasteiger partial charge in [-0.05, 0) is 30.9 Å². The predicted molar refractivity (Wildman–Crippen MR) is 78.8 cm³/mol. The molecule has 0 atom stereocenters. The van der Waals surface area contributed by atoms with Gasteiger partial charge in [0.15, 0.2) is 5.75 Å². The van der Waals surface area contributed by atoms with Gasteiger partial charge >= 0.3 is 16.1 Å². The van der Waals surface area contributed by atoms with Crippen molar-refractivity contribution in [1.82, 2.24) is 0 Å². The zero-order valence-corrected chi connectivity index (χ0v) is 12.9. The van der Waals surface area contributed by atoms with Crippen LogP contribution in [0.5, 0.6) is 5.75 Å². The number of hydrogen-bond acceptors (Lipinski definition) is 5. The van der Waals surface area contributed by atoms with Crippen LogP contribution in [0, 0.1) is 5.92 Å². The monoisotopic (exact) mass is 312 g/mol. The molecular formula is C15H20O5S. The van der Waals surface area contributed by atoms with Gasteiger partial charge in [0.05, 0.1) is 12.9 Å². The molecule has 1 aliphatic rings. The fourth-order valence-corrected chi connectivity index (χ4v) is 4.03. The van der Waals surface area contributed by atoms with E-state index in [9.17, 15) is 13.2 Å². The SMILES string of the molecule is COC(=O)c1ccccc1OS(=O)(=O)CC1CCCCC1. The summed E-state index contributed by atoms with van der Waals surface area (Å²) in [6.07, 6.45) is 5.14. The molecule has 6 heteroatoms. The lowest BCUT2D eigenvalue weighted by molar-refractivity contribution is 0.0599. The van der Waals surface area contributed by atoms with Gasteiger partial charge in [0, 0.05) is 0 Å². The van der Waals surface area contributed by atoms with Crippen molar-refractivity contribution in [3.63, 3.8) is 0 Å². The first-order valence-corrected chi connectivity index (χ1v) is 8.69. The lowest BCUT2D eigenvalue weighted by Crippen LogP contribution is -2.23. The van der Waals surface area contributed by atoms with Crippen molar-refractivity contribution in [3.05, 3.63) is 29.8 Å². The van der Waals surface area contributed by atoms with Crippen LogP contribution in [0.1, 0.15) is 42.5 Å². The van der Waals surface area contributed by atoms with Crippen LogP contribution in [-0.4, -0.2) is 27.2 Å². The summed E-state index contributed by atoms with van der Waals surface area (Å²) in [5.74, 6) is -0.435. The smallest absolute Gasteiger partial charge is 0.341 e. The van der Waals surface area contributed by atoms with Crippen molar-refractivity contribution in [2.75, 3.05) is 12.9 Å². The fraction of sp³-hybridized carbons (Fsp3) is 0.533. The van der Waals surface area contributed by atoms with Crippen LogP contribution >= 0.6 is 0 Å². The highest BCUT2D eigenvalue weighted by Gasteiger charge is 2.24. The molecule has 0 aliphatic heterocycles. The first-order chi connectivity index (χ1) is 10.0. The van der Waals surface area contributed by atoms with Crippen LogP contribution in [0.3, 0.4) is 0 Å². The third kappa shape index (κ3) is 4.46. The molecule has 0 aromatic heterocycles. The maximum atomic E-state index is 12.2. The van der Waals surface area contributed by atoms with E-state index in [2.05, 4.69) is 4.74 Å². The molecule has 1 aliphatic carbocycles. The second kappa shape index (κ2) is 6.93. The van der Waals surface area contributed by atoms with Crippen molar-refractivity contribution >= 4 is 16.1 Å². The second-order valence-corrected chi connectivity index (χ2v) is 6.91. The quantitative estimate of drug-likeness (QED) is 0.617. The maximum absolute atomic E-state index is 12.2. The Kier molecular flexibility index (Phi) is 5.22. The minimum absolute atomic E-state index is 0.00249. The Labute approximate surface area is 125 Å². The van der Waals surface area contributed by atoms with E-state index in [-0.39, 0.29) is 23.0 Å². The molecule has 1 saturated carbocycles. The third-order valence-electron chi connectivity index (χ3n) is 3.67. The van der Waals surface area contributed by atoms with Crippen LogP contribution in [-0.2, 0) is 14.9 Å². The van der Waals surface area contributed by atoms with E-state index >= 15 is 0 Å². The highest BCUT2D eigenvalue weighted by atomic mass is 32.2. The molecular weight excluding hydrogens is 292 g/mol. The molecule has 2 rings (SSSR count). The van der Waals surface area contributed by atoms with Gasteiger partial charge in [-0.2, -0.15) is 8.42 Å². The van der Waals surface area contributed by atoms with Gasteiger partial charge in [-0.15, -0.1) is 0 Å². The van der Waals surface area contributed by atoms with Crippen LogP contribution in [0.4, 0.5) is 0 Å². The summed E-state index contributed by atoms with van der Waals surface area (Å²) >= 11 is 0. The Morgan fingerprint density at radius 3 is 2.52 bits per heavy atom. The number of carbonyl (C=O) groups excluding carboxylic acids is 1. The zero-order valence-electron chi connectivity index (χ0n) is 12.1. The van der Waals surface area contributed by atoms with Crippen LogP contribution in [0.2, 0.25) is 0 Å². The standard InChI is InChI=1S/C15H20O5S/c1-19-15(16)13-9-5-6-10-14(13)20-21(17,18)11-12-7-3-2-4-8-12/h5-6,9-10,12H,2-4,7-8,11H2,1H3. The molecule has 5 nitrogen and oxygen atoms in total. The molecule has 0 N–H and O–H groups in total. The molecule has 1 aromatic carbocycles. The molecule has 0 heterocycles. The largest absolute Gasteiger partial charge is 0.465 e. The van der Waals surface area contributed by atoms with Crippen molar-refractivity contribution in [2.45, 2.75) is 32.1 Å². The summed E-state index contributed by atoms with van der Waals surface area (Å²) in [7, 11) is -2.46. The maximum Gasteiger partial charge on any atom is 0.341 e. The first kappa shape index (κ1) is 15.8. The van der Waals surface area contributed by atoms with Crippen LogP contribution in [0.15, 0.2) is 24.3 Å². The molecule has 0 radical (unpaired) electrons. The fourth-order valence-electron chi connectivity index (χ4n) is 2.63. The van der Waals surface area contributed by atoms with Gasteiger partial charge in [0.1, 0.15) is 5.56 Å². The van der Waals surface area contributed by atoms with Crippen molar-refractivity contribution in [3.8, 4) is 5.75 Å². The molecule has 0 bridgehead atoms. The van der Waals surface area contributed by atoms with Crippen LogP contribution < -0.4 is 4.18 Å². The highest BCUT2D eigenvalue weighted by Crippen LogP contribution is 2.27. The van der Waals surface area contributed by atoms with Gasteiger partial charge < -0.3 is 8.92 Å². The Morgan fingerprint density at radius 1 is 1.19 bits per heavy atom. The van der Waals surface area contributed by atoms with E-state index in [1.54, 1.807) is 12.1 Å². The number of rotatable bonds is 5. The van der Waals surface area contributed by atoms with E-state index in [1.807, 2.05) is 0 Å². The Balaban J connectivity index is 2.11. The summed E-state index contributed by atoms with van der Waals surface area (Å²) < 4.78 is 34.1. The van der Waals surface area contributed by atoms with Crippen molar-refractivity contribution in [1.29, 1.82) is 0 Å². The van der Waals surface area contributed by atoms with E-state index < -0.39 is 16.1 Å². The molecule has 0 saturated heterocycles. The Hall–Kier alpha value is -1.56. The number of hydrogen-bond donors (Lipinski definition) is 0. The minimum Gasteiger partial charge on any atom is -0.465 e. The van der Waals surface area contributed by atoms with Crippen molar-refractivity contribution < 1.29 is 22.1 Å². The molecule has 0 amide bonds. The summed E-state index contributed by atoms with van der Waals surface area (Å²) in [5.41, 5.74) is 0.118. The number of methoxy groups -OCH3 is 1. The zero-order chi connectivity index (χ0) is 15.3. The Morgan fingerprint density at radius 2 is 1.86 bits per heavy atom. The number of benzene rings is 1. The van der Waals surface area contributed by atoms with Crippen molar-refractivity contribution in [2.24, 2.45) is 5.92 Å². The summed E-state index contributed by atoms with van der Waals surface area (Å²) in [5, 5.41) is 0. The van der Waals surface area contributed by atoms with Gasteiger partial charge in [0.2, 0.25) is 0 Å². The number of esters is 1. The lowest BCUT2D eigenvalue weighted by atomic mass is 9.91. The average molecular weight is 312 g/mol. The number of ether oxygens (including phenoxy) is 1. The first-order valence-electron chi connectivity index (χ1n) is 7.11. The molecule has 116 valence electrons. The Bertz CT molecular complexity index is 588. The van der Waals surface area contributed by atoms with E-state index in [0.29, 0.717) is 0 Å². The molecule has 0 unspecified atom stereocenters. The minimum atomic E-state index is -3.71. The number of para-hydroxylation sites is 1. The van der Waals surface area contributed by atoms with E-state index in [0.717, 1.165) is 25.7 Å². The van der Waals surface area contributed by atoms with Gasteiger partial charge in [-0.25, -0.2) is 4.79 Å². The van der Waals surface area contributed by atoms with E-state index in [4.69, 9.17) is 4.18 Å². The molecule has 0 spiro atoms. The van der Waals surface area contributed by atoms with E-state index in [1.165, 1.54) is 25.7 Å². The summed E-state index contributed by atoms with van der Waals surface area (Å²) in [4.78, 5) is 11.6. The van der Waals surface area contributed by atoms with Gasteiger partial charge in [0.25, 0.3) is 0 Å². The molecule has 1 fully saturated rings. The lowest BCUT2D eigenvalue weighted by Gasteiger charge is -2.21. The third-order valence-corrected chi connectivity index (χ3v) is 4.99. The average Bonchev–Trinajstić information content (AvgIpc) is 2.47. The van der Waals surface area contributed by atoms with Gasteiger partial charge in [-0.3, -0.25) is 0 Å². The normalized spacial score (nSPS) is 16.4. The summed E-state index contributed by atoms with van der Waals surface area (Å²) in [6.45, 7) is 0.